The Morgan fingerprint density at radius 1 is 1.64 bits per heavy atom. The molecule has 0 saturated carbocycles. The lowest BCUT2D eigenvalue weighted by Gasteiger charge is -2.25. The smallest absolute Gasteiger partial charge is 0.293 e. The largest absolute Gasteiger partial charge is 0.463 e. The van der Waals surface area contributed by atoms with Crippen molar-refractivity contribution >= 4 is 11.5 Å². The van der Waals surface area contributed by atoms with Crippen molar-refractivity contribution in [1.29, 1.82) is 0 Å². The molecule has 11 heavy (non-hydrogen) atoms. The first-order valence-corrected chi connectivity index (χ1v) is 4.29. The standard InChI is InChI=1S/C6H9N3OS/c1-4-8-6(11-9-4)10-5-2-7-3-5/h5,7H,2-3H2,1H3. The molecule has 1 aliphatic heterocycles. The van der Waals surface area contributed by atoms with E-state index in [2.05, 4.69) is 14.7 Å². The van der Waals surface area contributed by atoms with Gasteiger partial charge in [-0.05, 0) is 6.92 Å². The molecule has 0 unspecified atom stereocenters. The average Bonchev–Trinajstić information content (AvgIpc) is 2.27. The summed E-state index contributed by atoms with van der Waals surface area (Å²) in [6.45, 7) is 3.72. The van der Waals surface area contributed by atoms with E-state index in [0.717, 1.165) is 18.9 Å². The Kier molecular flexibility index (Phi) is 1.75. The number of rotatable bonds is 2. The van der Waals surface area contributed by atoms with E-state index in [4.69, 9.17) is 4.74 Å². The predicted molar refractivity (Wildman–Crippen MR) is 41.9 cm³/mol. The molecule has 0 bridgehead atoms. The van der Waals surface area contributed by atoms with Crippen LogP contribution in [-0.2, 0) is 0 Å². The summed E-state index contributed by atoms with van der Waals surface area (Å²) >= 11 is 1.32. The summed E-state index contributed by atoms with van der Waals surface area (Å²) in [5.74, 6) is 0.789. The SMILES string of the molecule is Cc1nsc(OC2CNC2)n1. The molecule has 2 heterocycles. The van der Waals surface area contributed by atoms with Gasteiger partial charge in [-0.3, -0.25) is 0 Å². The van der Waals surface area contributed by atoms with E-state index in [9.17, 15) is 0 Å². The van der Waals surface area contributed by atoms with Crippen LogP contribution in [0.25, 0.3) is 0 Å². The topological polar surface area (TPSA) is 47.0 Å². The van der Waals surface area contributed by atoms with Crippen LogP contribution in [0.1, 0.15) is 5.82 Å². The van der Waals surface area contributed by atoms with Crippen LogP contribution in [0.2, 0.25) is 0 Å². The van der Waals surface area contributed by atoms with Crippen molar-refractivity contribution in [3.8, 4) is 5.19 Å². The van der Waals surface area contributed by atoms with Gasteiger partial charge in [0.05, 0.1) is 0 Å². The Balaban J connectivity index is 1.95. The molecule has 0 amide bonds. The van der Waals surface area contributed by atoms with Crippen LogP contribution in [0.15, 0.2) is 0 Å². The highest BCUT2D eigenvalue weighted by molar-refractivity contribution is 7.07. The third kappa shape index (κ3) is 1.49. The molecule has 5 heteroatoms. The third-order valence-electron chi connectivity index (χ3n) is 1.52. The van der Waals surface area contributed by atoms with Crippen molar-refractivity contribution in [2.45, 2.75) is 13.0 Å². The monoisotopic (exact) mass is 171 g/mol. The molecule has 0 spiro atoms. The predicted octanol–water partition coefficient (Wildman–Crippen LogP) is 0.197. The summed E-state index contributed by atoms with van der Waals surface area (Å²) in [5, 5.41) is 3.81. The Hall–Kier alpha value is -0.680. The zero-order chi connectivity index (χ0) is 7.68. The molecule has 0 atom stereocenters. The van der Waals surface area contributed by atoms with Crippen LogP contribution in [0, 0.1) is 6.92 Å². The van der Waals surface area contributed by atoms with E-state index < -0.39 is 0 Å². The Morgan fingerprint density at radius 3 is 2.91 bits per heavy atom. The van der Waals surface area contributed by atoms with Gasteiger partial charge >= 0.3 is 0 Å². The minimum absolute atomic E-state index is 0.308. The van der Waals surface area contributed by atoms with Crippen LogP contribution in [0.4, 0.5) is 0 Å². The van der Waals surface area contributed by atoms with Crippen LogP contribution < -0.4 is 10.1 Å². The van der Waals surface area contributed by atoms with Gasteiger partial charge < -0.3 is 10.1 Å². The average molecular weight is 171 g/mol. The number of aryl methyl sites for hydroxylation is 1. The van der Waals surface area contributed by atoms with Gasteiger partial charge in [-0.15, -0.1) is 0 Å². The fourth-order valence-electron chi connectivity index (χ4n) is 0.814. The number of ether oxygens (including phenoxy) is 1. The zero-order valence-electron chi connectivity index (χ0n) is 6.20. The Labute approximate surface area is 68.8 Å². The van der Waals surface area contributed by atoms with Crippen molar-refractivity contribution in [2.24, 2.45) is 0 Å². The molecule has 1 N–H and O–H groups in total. The molecular formula is C6H9N3OS. The van der Waals surface area contributed by atoms with E-state index in [1.807, 2.05) is 6.92 Å². The molecule has 0 aliphatic carbocycles. The first-order chi connectivity index (χ1) is 5.34. The van der Waals surface area contributed by atoms with Crippen molar-refractivity contribution in [1.82, 2.24) is 14.7 Å². The maximum atomic E-state index is 5.45. The molecule has 1 aliphatic rings. The molecule has 0 radical (unpaired) electrons. The van der Waals surface area contributed by atoms with Gasteiger partial charge in [0.1, 0.15) is 11.9 Å². The second kappa shape index (κ2) is 2.75. The summed E-state index contributed by atoms with van der Waals surface area (Å²) in [7, 11) is 0. The van der Waals surface area contributed by atoms with E-state index in [-0.39, 0.29) is 0 Å². The highest BCUT2D eigenvalue weighted by Gasteiger charge is 2.19. The van der Waals surface area contributed by atoms with Crippen molar-refractivity contribution < 1.29 is 4.74 Å². The van der Waals surface area contributed by atoms with Gasteiger partial charge in [0.2, 0.25) is 0 Å². The number of hydrogen-bond donors (Lipinski definition) is 1. The number of aromatic nitrogens is 2. The van der Waals surface area contributed by atoms with Gasteiger partial charge in [0.25, 0.3) is 5.19 Å². The summed E-state index contributed by atoms with van der Waals surface area (Å²) in [4.78, 5) is 4.09. The Morgan fingerprint density at radius 2 is 2.45 bits per heavy atom. The second-order valence-corrected chi connectivity index (χ2v) is 3.22. The molecule has 1 fully saturated rings. The van der Waals surface area contributed by atoms with E-state index in [0.29, 0.717) is 11.3 Å². The van der Waals surface area contributed by atoms with E-state index in [1.165, 1.54) is 11.5 Å². The highest BCUT2D eigenvalue weighted by Crippen LogP contribution is 2.15. The Bertz CT molecular complexity index is 246. The van der Waals surface area contributed by atoms with Crippen molar-refractivity contribution in [2.75, 3.05) is 13.1 Å². The molecule has 1 aromatic heterocycles. The zero-order valence-corrected chi connectivity index (χ0v) is 7.02. The van der Waals surface area contributed by atoms with Gasteiger partial charge in [-0.1, -0.05) is 0 Å². The molecule has 1 saturated heterocycles. The summed E-state index contributed by atoms with van der Waals surface area (Å²) in [5.41, 5.74) is 0. The minimum atomic E-state index is 0.308. The first kappa shape index (κ1) is 7.00. The number of nitrogens with one attached hydrogen (secondary N) is 1. The van der Waals surface area contributed by atoms with Crippen LogP contribution >= 0.6 is 11.5 Å². The maximum Gasteiger partial charge on any atom is 0.293 e. The molecule has 2 rings (SSSR count). The van der Waals surface area contributed by atoms with Crippen molar-refractivity contribution in [3.63, 3.8) is 0 Å². The van der Waals surface area contributed by atoms with Gasteiger partial charge in [0, 0.05) is 24.6 Å². The normalized spacial score (nSPS) is 17.9. The van der Waals surface area contributed by atoms with Gasteiger partial charge in [-0.25, -0.2) is 0 Å². The third-order valence-corrected chi connectivity index (χ3v) is 2.22. The molecule has 4 nitrogen and oxygen atoms in total. The second-order valence-electron chi connectivity index (χ2n) is 2.51. The van der Waals surface area contributed by atoms with Crippen LogP contribution in [0.3, 0.4) is 0 Å². The summed E-state index contributed by atoms with van der Waals surface area (Å²) in [6, 6.07) is 0. The number of nitrogens with zero attached hydrogens (tertiary/aromatic N) is 2. The maximum absolute atomic E-state index is 5.45. The first-order valence-electron chi connectivity index (χ1n) is 3.52. The summed E-state index contributed by atoms with van der Waals surface area (Å²) in [6.07, 6.45) is 0.308. The number of hydrogen-bond acceptors (Lipinski definition) is 5. The quantitative estimate of drug-likeness (QED) is 0.690. The molecule has 1 aromatic rings. The highest BCUT2D eigenvalue weighted by atomic mass is 32.1. The van der Waals surface area contributed by atoms with E-state index >= 15 is 0 Å². The fraction of sp³-hybridized carbons (Fsp3) is 0.667. The van der Waals surface area contributed by atoms with Crippen LogP contribution in [0.5, 0.6) is 5.19 Å². The van der Waals surface area contributed by atoms with Gasteiger partial charge in [-0.2, -0.15) is 9.36 Å². The van der Waals surface area contributed by atoms with E-state index in [1.54, 1.807) is 0 Å². The minimum Gasteiger partial charge on any atom is -0.463 e. The van der Waals surface area contributed by atoms with Crippen molar-refractivity contribution in [3.05, 3.63) is 5.82 Å². The summed E-state index contributed by atoms with van der Waals surface area (Å²) < 4.78 is 9.47. The lowest BCUT2D eigenvalue weighted by Crippen LogP contribution is -2.50. The van der Waals surface area contributed by atoms with Crippen LogP contribution in [-0.4, -0.2) is 28.6 Å². The fourth-order valence-corrected chi connectivity index (χ4v) is 1.42. The van der Waals surface area contributed by atoms with Gasteiger partial charge in [0.15, 0.2) is 0 Å². The lowest BCUT2D eigenvalue weighted by atomic mass is 10.2. The molecule has 0 aromatic carbocycles. The molecular weight excluding hydrogens is 162 g/mol. The lowest BCUT2D eigenvalue weighted by molar-refractivity contribution is 0.141. The molecule has 60 valence electrons.